The molecule has 0 amide bonds. The molecule has 0 aliphatic rings. The van der Waals surface area contributed by atoms with E-state index in [9.17, 15) is 9.59 Å². The van der Waals surface area contributed by atoms with Crippen molar-refractivity contribution in [3.8, 4) is 0 Å². The Morgan fingerprint density at radius 3 is 1.61 bits per heavy atom. The minimum Gasteiger partial charge on any atom is -0.407 e. The molecule has 112 valence electrons. The number of hydrogen-bond donors (Lipinski definition) is 0. The predicted octanol–water partition coefficient (Wildman–Crippen LogP) is 2.28. The summed E-state index contributed by atoms with van der Waals surface area (Å²) in [7, 11) is 0. The highest BCUT2D eigenvalue weighted by molar-refractivity contribution is 5.77. The fourth-order valence-corrected chi connectivity index (χ4v) is 2.41. The Kier molecular flexibility index (Phi) is 3.01. The van der Waals surface area contributed by atoms with E-state index < -0.39 is 11.3 Å². The Morgan fingerprint density at radius 2 is 1.13 bits per heavy atom. The molecule has 0 aliphatic carbocycles. The maximum atomic E-state index is 11.9. The van der Waals surface area contributed by atoms with E-state index in [1.54, 1.807) is 48.5 Å². The molecule has 0 radical (unpaired) electrons. The fraction of sp³-hybridized carbons (Fsp3) is 0.0588. The van der Waals surface area contributed by atoms with Crippen molar-refractivity contribution in [2.45, 2.75) is 6.42 Å². The number of benzene rings is 2. The Labute approximate surface area is 129 Å². The summed E-state index contributed by atoms with van der Waals surface area (Å²) in [6.45, 7) is 0. The molecule has 0 aliphatic heterocycles. The maximum absolute atomic E-state index is 11.9. The topological polar surface area (TPSA) is 86.2 Å². The van der Waals surface area contributed by atoms with Crippen LogP contribution in [0.15, 0.2) is 67.0 Å². The zero-order valence-corrected chi connectivity index (χ0v) is 11.9. The van der Waals surface area contributed by atoms with Crippen molar-refractivity contribution in [2.75, 3.05) is 0 Å². The second kappa shape index (κ2) is 5.17. The summed E-state index contributed by atoms with van der Waals surface area (Å²) in [4.78, 5) is 32.4. The molecule has 0 saturated carbocycles. The van der Waals surface area contributed by atoms with Gasteiger partial charge in [0, 0.05) is 0 Å². The predicted molar refractivity (Wildman–Crippen MR) is 83.4 cm³/mol. The number of fused-ring (bicyclic) bond motifs is 2. The first-order chi connectivity index (χ1) is 11.2. The normalized spacial score (nSPS) is 11.1. The van der Waals surface area contributed by atoms with Gasteiger partial charge in [-0.3, -0.25) is 0 Å². The van der Waals surface area contributed by atoms with E-state index in [1.807, 2.05) is 0 Å². The molecule has 2 aromatic carbocycles. The van der Waals surface area contributed by atoms with Crippen LogP contribution in [0.2, 0.25) is 0 Å². The molecular weight excluding hydrogens is 296 g/mol. The van der Waals surface area contributed by atoms with Crippen LogP contribution < -0.4 is 11.3 Å². The highest BCUT2D eigenvalue weighted by Crippen LogP contribution is 2.12. The minimum absolute atomic E-state index is 0.0279. The minimum atomic E-state index is -0.478. The average Bonchev–Trinajstić information content (AvgIpc) is 2.55. The largest absolute Gasteiger partial charge is 0.407 e. The molecule has 0 atom stereocenters. The van der Waals surface area contributed by atoms with E-state index in [0.717, 1.165) is 0 Å². The van der Waals surface area contributed by atoms with Crippen molar-refractivity contribution in [1.82, 2.24) is 9.97 Å². The van der Waals surface area contributed by atoms with Crippen LogP contribution in [0.1, 0.15) is 11.8 Å². The first-order valence-corrected chi connectivity index (χ1v) is 6.98. The average molecular weight is 306 g/mol. The number of rotatable bonds is 2. The molecule has 0 unspecified atom stereocenters. The van der Waals surface area contributed by atoms with Gasteiger partial charge in [0.05, 0.1) is 21.8 Å². The van der Waals surface area contributed by atoms with Crippen molar-refractivity contribution in [3.05, 3.63) is 81.2 Å². The molecule has 0 fully saturated rings. The summed E-state index contributed by atoms with van der Waals surface area (Å²) >= 11 is 0. The second-order valence-corrected chi connectivity index (χ2v) is 5.00. The molecule has 0 N–H and O–H groups in total. The summed E-state index contributed by atoms with van der Waals surface area (Å²) in [5.74, 6) is 0.305. The molecule has 23 heavy (non-hydrogen) atoms. The molecule has 0 bridgehead atoms. The van der Waals surface area contributed by atoms with Crippen LogP contribution in [0.4, 0.5) is 0 Å². The van der Waals surface area contributed by atoms with Gasteiger partial charge in [0.15, 0.2) is 0 Å². The summed E-state index contributed by atoms with van der Waals surface area (Å²) in [5.41, 5.74) is 0.103. The molecule has 4 aromatic rings. The lowest BCUT2D eigenvalue weighted by molar-refractivity contribution is 0.406. The van der Waals surface area contributed by atoms with Gasteiger partial charge in [-0.05, 0) is 24.3 Å². The number of hydrogen-bond acceptors (Lipinski definition) is 6. The van der Waals surface area contributed by atoms with Crippen molar-refractivity contribution >= 4 is 21.8 Å². The Balaban J connectivity index is 1.82. The molecule has 4 rings (SSSR count). The van der Waals surface area contributed by atoms with E-state index in [0.29, 0.717) is 21.8 Å². The van der Waals surface area contributed by atoms with Gasteiger partial charge < -0.3 is 8.83 Å². The van der Waals surface area contributed by atoms with Crippen molar-refractivity contribution in [3.63, 3.8) is 0 Å². The third-order valence-electron chi connectivity index (χ3n) is 3.46. The third-order valence-corrected chi connectivity index (χ3v) is 3.46. The van der Waals surface area contributed by atoms with Crippen LogP contribution in [0.25, 0.3) is 21.8 Å². The molecule has 2 heterocycles. The SMILES string of the molecule is O=c1oc(Cc2nc3ccccc3c(=O)o2)nc2ccccc12. The summed E-state index contributed by atoms with van der Waals surface area (Å²) in [6, 6.07) is 13.8. The first kappa shape index (κ1) is 13.4. The smallest absolute Gasteiger partial charge is 0.346 e. The molecule has 0 spiro atoms. The van der Waals surface area contributed by atoms with Crippen molar-refractivity contribution < 1.29 is 8.83 Å². The number of nitrogens with zero attached hydrogens (tertiary/aromatic N) is 2. The fourth-order valence-electron chi connectivity index (χ4n) is 2.41. The van der Waals surface area contributed by atoms with Crippen molar-refractivity contribution in [2.24, 2.45) is 0 Å². The lowest BCUT2D eigenvalue weighted by atomic mass is 10.2. The highest BCUT2D eigenvalue weighted by atomic mass is 16.4. The van der Waals surface area contributed by atoms with Gasteiger partial charge in [-0.15, -0.1) is 0 Å². The zero-order chi connectivity index (χ0) is 15.8. The molecule has 0 saturated heterocycles. The molecule has 2 aromatic heterocycles. The van der Waals surface area contributed by atoms with E-state index in [-0.39, 0.29) is 18.2 Å². The summed E-state index contributed by atoms with van der Waals surface area (Å²) in [5, 5.41) is 0.813. The van der Waals surface area contributed by atoms with Gasteiger partial charge in [-0.25, -0.2) is 19.6 Å². The quantitative estimate of drug-likeness (QED) is 0.564. The van der Waals surface area contributed by atoms with Crippen molar-refractivity contribution in [1.29, 1.82) is 0 Å². The molecule has 6 nitrogen and oxygen atoms in total. The highest BCUT2D eigenvalue weighted by Gasteiger charge is 2.11. The van der Waals surface area contributed by atoms with Crippen LogP contribution in [0.5, 0.6) is 0 Å². The Bertz CT molecular complexity index is 1050. The van der Waals surface area contributed by atoms with E-state index in [2.05, 4.69) is 9.97 Å². The van der Waals surface area contributed by atoms with E-state index >= 15 is 0 Å². The Morgan fingerprint density at radius 1 is 0.696 bits per heavy atom. The van der Waals surface area contributed by atoms with Gasteiger partial charge in [0.1, 0.15) is 6.42 Å². The third kappa shape index (κ3) is 2.40. The summed E-state index contributed by atoms with van der Waals surface area (Å²) in [6.07, 6.45) is 0.0279. The zero-order valence-electron chi connectivity index (χ0n) is 11.9. The monoisotopic (exact) mass is 306 g/mol. The van der Waals surface area contributed by atoms with Crippen LogP contribution in [0, 0.1) is 0 Å². The second-order valence-electron chi connectivity index (χ2n) is 5.00. The van der Waals surface area contributed by atoms with Gasteiger partial charge in [-0.2, -0.15) is 0 Å². The molecule has 6 heteroatoms. The standard InChI is InChI=1S/C17H10N2O4/c20-16-10-5-1-3-7-12(10)18-14(22-16)9-15-19-13-8-4-2-6-11(13)17(21)23-15/h1-8H,9H2. The maximum Gasteiger partial charge on any atom is 0.346 e. The van der Waals surface area contributed by atoms with Crippen LogP contribution >= 0.6 is 0 Å². The van der Waals surface area contributed by atoms with Gasteiger partial charge in [-0.1, -0.05) is 24.3 Å². The van der Waals surface area contributed by atoms with Crippen LogP contribution in [0.3, 0.4) is 0 Å². The number of para-hydroxylation sites is 2. The first-order valence-electron chi connectivity index (χ1n) is 6.98. The van der Waals surface area contributed by atoms with Crippen LogP contribution in [-0.2, 0) is 6.42 Å². The Hall–Kier alpha value is -3.28. The van der Waals surface area contributed by atoms with E-state index in [4.69, 9.17) is 8.83 Å². The lowest BCUT2D eigenvalue weighted by Crippen LogP contribution is -2.09. The van der Waals surface area contributed by atoms with Crippen LogP contribution in [-0.4, -0.2) is 9.97 Å². The lowest BCUT2D eigenvalue weighted by Gasteiger charge is -2.02. The summed E-state index contributed by atoms with van der Waals surface area (Å²) < 4.78 is 10.4. The van der Waals surface area contributed by atoms with Gasteiger partial charge >= 0.3 is 11.3 Å². The number of aromatic nitrogens is 2. The molecular formula is C17H10N2O4. The van der Waals surface area contributed by atoms with Gasteiger partial charge in [0.25, 0.3) is 0 Å². The van der Waals surface area contributed by atoms with Gasteiger partial charge in [0.2, 0.25) is 11.8 Å². The van der Waals surface area contributed by atoms with E-state index in [1.165, 1.54) is 0 Å².